The van der Waals surface area contributed by atoms with Gasteiger partial charge in [0.15, 0.2) is 0 Å². The first-order valence-electron chi connectivity index (χ1n) is 7.36. The summed E-state index contributed by atoms with van der Waals surface area (Å²) in [7, 11) is 0. The van der Waals surface area contributed by atoms with Crippen LogP contribution in [-0.2, 0) is 9.67 Å². The molecule has 1 N–H and O–H groups in total. The van der Waals surface area contributed by atoms with Gasteiger partial charge in [-0.1, -0.05) is 53.7 Å². The van der Waals surface area contributed by atoms with E-state index in [2.05, 4.69) is 48.6 Å². The summed E-state index contributed by atoms with van der Waals surface area (Å²) in [5.41, 5.74) is 6.62. The first kappa shape index (κ1) is 15.6. The van der Waals surface area contributed by atoms with Gasteiger partial charge in [0.2, 0.25) is 0 Å². The molecule has 0 bridgehead atoms. The average Bonchev–Trinajstić information content (AvgIpc) is 2.92. The Labute approximate surface area is 139 Å². The summed E-state index contributed by atoms with van der Waals surface area (Å²) in [5, 5.41) is 5.45. The minimum atomic E-state index is -0.338. The van der Waals surface area contributed by atoms with Crippen LogP contribution in [-0.4, -0.2) is 11.0 Å². The van der Waals surface area contributed by atoms with Crippen molar-refractivity contribution in [1.82, 2.24) is 5.43 Å². The minimum Gasteiger partial charge on any atom is -0.427 e. The number of rotatable bonds is 3. The second-order valence-corrected chi connectivity index (χ2v) is 7.06. The topological polar surface area (TPSA) is 50.7 Å². The molecule has 0 radical (unpaired) electrons. The highest BCUT2D eigenvalue weighted by molar-refractivity contribution is 8.15. The maximum atomic E-state index is 11.0. The van der Waals surface area contributed by atoms with Crippen molar-refractivity contribution < 1.29 is 9.53 Å². The van der Waals surface area contributed by atoms with E-state index >= 15 is 0 Å². The molecule has 0 aromatic heterocycles. The van der Waals surface area contributed by atoms with E-state index < -0.39 is 0 Å². The number of hydrazone groups is 1. The fourth-order valence-corrected chi connectivity index (χ4v) is 3.42. The van der Waals surface area contributed by atoms with E-state index in [1.54, 1.807) is 23.9 Å². The van der Waals surface area contributed by atoms with Gasteiger partial charge in [-0.3, -0.25) is 10.2 Å². The van der Waals surface area contributed by atoms with Crippen molar-refractivity contribution in [2.45, 2.75) is 25.6 Å². The Hall–Kier alpha value is -2.27. The van der Waals surface area contributed by atoms with Crippen molar-refractivity contribution in [3.05, 3.63) is 65.2 Å². The van der Waals surface area contributed by atoms with Gasteiger partial charge in [0.05, 0.1) is 0 Å². The Morgan fingerprint density at radius 1 is 1.13 bits per heavy atom. The average molecular weight is 326 g/mol. The maximum Gasteiger partial charge on any atom is 0.308 e. The van der Waals surface area contributed by atoms with Gasteiger partial charge in [-0.05, 0) is 31.5 Å². The summed E-state index contributed by atoms with van der Waals surface area (Å²) in [6.45, 7) is 5.55. The molecular weight excluding hydrogens is 308 g/mol. The molecule has 1 heterocycles. The van der Waals surface area contributed by atoms with Gasteiger partial charge in [-0.25, -0.2) is 0 Å². The second-order valence-electron chi connectivity index (χ2n) is 5.65. The van der Waals surface area contributed by atoms with Crippen LogP contribution in [0, 0.1) is 6.92 Å². The number of benzene rings is 2. The molecule has 0 fully saturated rings. The van der Waals surface area contributed by atoms with Crippen molar-refractivity contribution in [3.8, 4) is 5.75 Å². The fourth-order valence-electron chi connectivity index (χ4n) is 2.35. The van der Waals surface area contributed by atoms with Gasteiger partial charge in [0, 0.05) is 12.5 Å². The van der Waals surface area contributed by atoms with Crippen LogP contribution in [0.2, 0.25) is 0 Å². The lowest BCUT2D eigenvalue weighted by atomic mass is 10.1. The second kappa shape index (κ2) is 6.08. The van der Waals surface area contributed by atoms with Crippen LogP contribution in [0.3, 0.4) is 0 Å². The lowest BCUT2D eigenvalue weighted by Gasteiger charge is -2.23. The third kappa shape index (κ3) is 3.40. The number of ether oxygens (including phenoxy) is 1. The smallest absolute Gasteiger partial charge is 0.308 e. The standard InChI is InChI=1S/C18H18N2O2S/c1-12-4-6-14(7-5-12)17-19-20-18(3,23-17)15-8-10-16(11-9-15)22-13(2)21/h4-11,20H,1-3H3. The molecule has 118 valence electrons. The quantitative estimate of drug-likeness (QED) is 0.689. The molecule has 23 heavy (non-hydrogen) atoms. The molecule has 1 unspecified atom stereocenters. The van der Waals surface area contributed by atoms with Crippen LogP contribution in [0.4, 0.5) is 0 Å². The first-order chi connectivity index (χ1) is 11.0. The first-order valence-corrected chi connectivity index (χ1v) is 8.18. The van der Waals surface area contributed by atoms with Crippen molar-refractivity contribution in [1.29, 1.82) is 0 Å². The van der Waals surface area contributed by atoms with Crippen molar-refractivity contribution >= 4 is 22.8 Å². The molecule has 0 saturated heterocycles. The number of nitrogens with zero attached hydrogens (tertiary/aromatic N) is 1. The molecule has 0 amide bonds. The molecule has 2 aromatic carbocycles. The highest BCUT2D eigenvalue weighted by Gasteiger charge is 2.34. The van der Waals surface area contributed by atoms with Crippen LogP contribution in [0.5, 0.6) is 5.75 Å². The number of esters is 1. The van der Waals surface area contributed by atoms with Gasteiger partial charge in [0.1, 0.15) is 15.7 Å². The van der Waals surface area contributed by atoms with Crippen molar-refractivity contribution in [2.75, 3.05) is 0 Å². The molecule has 0 saturated carbocycles. The van der Waals surface area contributed by atoms with Gasteiger partial charge in [0.25, 0.3) is 0 Å². The van der Waals surface area contributed by atoms with Crippen molar-refractivity contribution in [3.63, 3.8) is 0 Å². The van der Waals surface area contributed by atoms with Gasteiger partial charge < -0.3 is 4.74 Å². The van der Waals surface area contributed by atoms with E-state index in [-0.39, 0.29) is 10.8 Å². The van der Waals surface area contributed by atoms with Crippen LogP contribution >= 0.6 is 11.8 Å². The molecule has 4 nitrogen and oxygen atoms in total. The van der Waals surface area contributed by atoms with E-state index in [0.29, 0.717) is 5.75 Å². The molecule has 5 heteroatoms. The van der Waals surface area contributed by atoms with Crippen LogP contribution in [0.1, 0.15) is 30.5 Å². The van der Waals surface area contributed by atoms with Crippen LogP contribution in [0.15, 0.2) is 53.6 Å². The number of nitrogens with one attached hydrogen (secondary N) is 1. The lowest BCUT2D eigenvalue weighted by molar-refractivity contribution is -0.131. The molecule has 1 atom stereocenters. The van der Waals surface area contributed by atoms with E-state index in [9.17, 15) is 4.79 Å². The third-order valence-electron chi connectivity index (χ3n) is 3.64. The predicted molar refractivity (Wildman–Crippen MR) is 93.5 cm³/mol. The number of carbonyl (C=O) groups excluding carboxylic acids is 1. The zero-order valence-corrected chi connectivity index (χ0v) is 14.1. The minimum absolute atomic E-state index is 0.317. The van der Waals surface area contributed by atoms with Crippen molar-refractivity contribution in [2.24, 2.45) is 5.10 Å². The Bertz CT molecular complexity index is 754. The summed E-state index contributed by atoms with van der Waals surface area (Å²) in [5.74, 6) is 0.231. The molecule has 0 aliphatic carbocycles. The molecular formula is C18H18N2O2S. The Morgan fingerprint density at radius 2 is 1.78 bits per heavy atom. The molecule has 3 rings (SSSR count). The summed E-state index contributed by atoms with van der Waals surface area (Å²) in [6.07, 6.45) is 0. The SMILES string of the molecule is CC(=O)Oc1ccc(C2(C)NN=C(c3ccc(C)cc3)S2)cc1. The largest absolute Gasteiger partial charge is 0.427 e. The number of thioether (sulfide) groups is 1. The predicted octanol–water partition coefficient (Wildman–Crippen LogP) is 3.79. The van der Waals surface area contributed by atoms with E-state index in [1.807, 2.05) is 12.1 Å². The summed E-state index contributed by atoms with van der Waals surface area (Å²) < 4.78 is 5.07. The molecule has 0 spiro atoms. The number of carbonyl (C=O) groups is 1. The lowest BCUT2D eigenvalue weighted by Crippen LogP contribution is -2.28. The van der Waals surface area contributed by atoms with Gasteiger partial charge in [-0.15, -0.1) is 0 Å². The Balaban J connectivity index is 1.76. The summed E-state index contributed by atoms with van der Waals surface area (Å²) in [4.78, 5) is 10.6. The molecule has 1 aliphatic rings. The fraction of sp³-hybridized carbons (Fsp3) is 0.222. The van der Waals surface area contributed by atoms with E-state index in [0.717, 1.165) is 16.2 Å². The zero-order valence-electron chi connectivity index (χ0n) is 13.3. The van der Waals surface area contributed by atoms with E-state index in [1.165, 1.54) is 12.5 Å². The Morgan fingerprint density at radius 3 is 2.39 bits per heavy atom. The maximum absolute atomic E-state index is 11.0. The Kier molecular flexibility index (Phi) is 4.13. The molecule has 1 aliphatic heterocycles. The molecule has 2 aromatic rings. The third-order valence-corrected chi connectivity index (χ3v) is 4.89. The van der Waals surface area contributed by atoms with E-state index in [4.69, 9.17) is 4.74 Å². The summed E-state index contributed by atoms with van der Waals surface area (Å²) in [6, 6.07) is 15.8. The highest BCUT2D eigenvalue weighted by Crippen LogP contribution is 2.40. The summed E-state index contributed by atoms with van der Waals surface area (Å²) >= 11 is 1.68. The number of hydrogen-bond acceptors (Lipinski definition) is 5. The van der Waals surface area contributed by atoms with Gasteiger partial charge in [-0.2, -0.15) is 5.10 Å². The highest BCUT2D eigenvalue weighted by atomic mass is 32.2. The van der Waals surface area contributed by atoms with Gasteiger partial charge >= 0.3 is 5.97 Å². The number of hydrogen-bond donors (Lipinski definition) is 1. The van der Waals surface area contributed by atoms with Crippen LogP contribution < -0.4 is 10.2 Å². The van der Waals surface area contributed by atoms with Crippen LogP contribution in [0.25, 0.3) is 0 Å². The zero-order chi connectivity index (χ0) is 16.4. The normalized spacial score (nSPS) is 19.9. The monoisotopic (exact) mass is 326 g/mol. The number of aryl methyl sites for hydroxylation is 1.